The molecule has 0 aromatic heterocycles. The lowest BCUT2D eigenvalue weighted by atomic mass is 10.3. The van der Waals surface area contributed by atoms with Gasteiger partial charge in [0, 0.05) is 5.57 Å². The molecule has 0 aliphatic carbocycles. The van der Waals surface area contributed by atoms with Crippen LogP contribution in [0.3, 0.4) is 0 Å². The predicted molar refractivity (Wildman–Crippen MR) is 53.3 cm³/mol. The number of nitrogens with one attached hydrogen (secondary N) is 1. The number of hydrogen-bond acceptors (Lipinski definition) is 5. The van der Waals surface area contributed by atoms with Gasteiger partial charge in [-0.15, -0.1) is 0 Å². The number of cyclic esters (lactones) is 1. The Kier molecular flexibility index (Phi) is 4.04. The van der Waals surface area contributed by atoms with E-state index in [4.69, 9.17) is 4.74 Å². The van der Waals surface area contributed by atoms with Crippen molar-refractivity contribution in [1.29, 1.82) is 0 Å². The highest BCUT2D eigenvalue weighted by Crippen LogP contribution is 2.09. The third kappa shape index (κ3) is 3.72. The molecule has 6 heteroatoms. The van der Waals surface area contributed by atoms with E-state index in [-0.39, 0.29) is 25.5 Å². The standard InChI is InChI=1S/C10H13NO5/c1-6(2)10(14)11-4-9(13)16-7-3-8(12)15-5-7/h7H,1,3-5H2,2H3,(H,11,14). The quantitative estimate of drug-likeness (QED) is 0.519. The monoisotopic (exact) mass is 227 g/mol. The van der Waals surface area contributed by atoms with Crippen molar-refractivity contribution in [3.63, 3.8) is 0 Å². The maximum Gasteiger partial charge on any atom is 0.325 e. The molecule has 0 aromatic carbocycles. The summed E-state index contributed by atoms with van der Waals surface area (Å²) in [6.07, 6.45) is -0.470. The Hall–Kier alpha value is -1.85. The number of ether oxygens (including phenoxy) is 2. The summed E-state index contributed by atoms with van der Waals surface area (Å²) < 4.78 is 9.50. The molecule has 1 heterocycles. The van der Waals surface area contributed by atoms with Gasteiger partial charge in [-0.05, 0) is 6.92 Å². The first-order valence-corrected chi connectivity index (χ1v) is 4.78. The van der Waals surface area contributed by atoms with Gasteiger partial charge >= 0.3 is 11.9 Å². The molecule has 1 aliphatic heterocycles. The zero-order chi connectivity index (χ0) is 12.1. The molecule has 0 bridgehead atoms. The first-order chi connectivity index (χ1) is 7.49. The number of amides is 1. The van der Waals surface area contributed by atoms with Gasteiger partial charge in [-0.1, -0.05) is 6.58 Å². The van der Waals surface area contributed by atoms with Gasteiger partial charge in [0.15, 0.2) is 0 Å². The number of hydrogen-bond donors (Lipinski definition) is 1. The van der Waals surface area contributed by atoms with E-state index in [1.165, 1.54) is 6.92 Å². The minimum absolute atomic E-state index is 0.0696. The Balaban J connectivity index is 2.23. The van der Waals surface area contributed by atoms with Crippen molar-refractivity contribution < 1.29 is 23.9 Å². The highest BCUT2D eigenvalue weighted by atomic mass is 16.6. The van der Waals surface area contributed by atoms with Crippen molar-refractivity contribution in [2.45, 2.75) is 19.4 Å². The summed E-state index contributed by atoms with van der Waals surface area (Å²) in [5.41, 5.74) is 0.312. The molecule has 1 fully saturated rings. The molecule has 0 saturated carbocycles. The molecule has 0 aromatic rings. The van der Waals surface area contributed by atoms with Gasteiger partial charge in [0.25, 0.3) is 0 Å². The Morgan fingerprint density at radius 1 is 1.62 bits per heavy atom. The maximum absolute atomic E-state index is 11.2. The van der Waals surface area contributed by atoms with E-state index < -0.39 is 18.0 Å². The summed E-state index contributed by atoms with van der Waals surface area (Å²) in [4.78, 5) is 32.9. The number of rotatable bonds is 4. The molecule has 0 radical (unpaired) electrons. The fourth-order valence-electron chi connectivity index (χ4n) is 1.10. The van der Waals surface area contributed by atoms with E-state index in [9.17, 15) is 14.4 Å². The molecular formula is C10H13NO5. The minimum atomic E-state index is -0.599. The fraction of sp³-hybridized carbons (Fsp3) is 0.500. The minimum Gasteiger partial charge on any atom is -0.462 e. The maximum atomic E-state index is 11.2. The fourth-order valence-corrected chi connectivity index (χ4v) is 1.10. The first-order valence-electron chi connectivity index (χ1n) is 4.78. The van der Waals surface area contributed by atoms with E-state index in [0.717, 1.165) is 0 Å². The van der Waals surface area contributed by atoms with Gasteiger partial charge < -0.3 is 14.8 Å². The van der Waals surface area contributed by atoms with Crippen LogP contribution in [0.5, 0.6) is 0 Å². The molecule has 1 saturated heterocycles. The molecule has 1 amide bonds. The van der Waals surface area contributed by atoms with Gasteiger partial charge in [-0.2, -0.15) is 0 Å². The van der Waals surface area contributed by atoms with Crippen molar-refractivity contribution in [3.05, 3.63) is 12.2 Å². The van der Waals surface area contributed by atoms with E-state index in [2.05, 4.69) is 16.6 Å². The number of carbonyl (C=O) groups is 3. The van der Waals surface area contributed by atoms with Crippen LogP contribution in [0.15, 0.2) is 12.2 Å². The van der Waals surface area contributed by atoms with Crippen LogP contribution in [0.25, 0.3) is 0 Å². The van der Waals surface area contributed by atoms with Crippen LogP contribution in [0.2, 0.25) is 0 Å². The molecular weight excluding hydrogens is 214 g/mol. The van der Waals surface area contributed by atoms with Gasteiger partial charge in [0.2, 0.25) is 5.91 Å². The molecule has 88 valence electrons. The highest BCUT2D eigenvalue weighted by Gasteiger charge is 2.26. The summed E-state index contributed by atoms with van der Waals surface area (Å²) >= 11 is 0. The van der Waals surface area contributed by atoms with Crippen LogP contribution >= 0.6 is 0 Å². The highest BCUT2D eigenvalue weighted by molar-refractivity contribution is 5.94. The molecule has 6 nitrogen and oxygen atoms in total. The molecule has 1 rings (SSSR count). The lowest BCUT2D eigenvalue weighted by Gasteiger charge is -2.09. The van der Waals surface area contributed by atoms with Gasteiger partial charge in [-0.25, -0.2) is 0 Å². The summed E-state index contributed by atoms with van der Waals surface area (Å²) in [5.74, 6) is -1.39. The molecule has 1 N–H and O–H groups in total. The Morgan fingerprint density at radius 2 is 2.31 bits per heavy atom. The zero-order valence-corrected chi connectivity index (χ0v) is 8.95. The zero-order valence-electron chi connectivity index (χ0n) is 8.95. The third-order valence-electron chi connectivity index (χ3n) is 1.90. The number of esters is 2. The van der Waals surface area contributed by atoms with Crippen LogP contribution in [-0.4, -0.2) is 37.1 Å². The number of carbonyl (C=O) groups excluding carboxylic acids is 3. The Morgan fingerprint density at radius 3 is 2.81 bits per heavy atom. The normalized spacial score (nSPS) is 18.8. The Bertz CT molecular complexity index is 336. The van der Waals surface area contributed by atoms with Crippen molar-refractivity contribution in [2.24, 2.45) is 0 Å². The average Bonchev–Trinajstić information content (AvgIpc) is 2.60. The molecule has 1 atom stereocenters. The van der Waals surface area contributed by atoms with Crippen molar-refractivity contribution in [3.8, 4) is 0 Å². The van der Waals surface area contributed by atoms with Crippen LogP contribution in [0.4, 0.5) is 0 Å². The summed E-state index contributed by atoms with van der Waals surface area (Å²) in [6.45, 7) is 4.79. The summed E-state index contributed by atoms with van der Waals surface area (Å²) in [6, 6.07) is 0. The first kappa shape index (κ1) is 12.2. The SMILES string of the molecule is C=C(C)C(=O)NCC(=O)OC1COC(=O)C1. The second-order valence-corrected chi connectivity index (χ2v) is 3.46. The molecule has 0 spiro atoms. The van der Waals surface area contributed by atoms with E-state index in [1.807, 2.05) is 0 Å². The van der Waals surface area contributed by atoms with Crippen LogP contribution in [0, 0.1) is 0 Å². The lowest BCUT2D eigenvalue weighted by molar-refractivity contribution is -0.148. The lowest BCUT2D eigenvalue weighted by Crippen LogP contribution is -2.33. The largest absolute Gasteiger partial charge is 0.462 e. The van der Waals surface area contributed by atoms with E-state index in [1.54, 1.807) is 0 Å². The molecule has 16 heavy (non-hydrogen) atoms. The second kappa shape index (κ2) is 5.29. The van der Waals surface area contributed by atoms with Crippen molar-refractivity contribution >= 4 is 17.8 Å². The van der Waals surface area contributed by atoms with Gasteiger partial charge in [-0.3, -0.25) is 14.4 Å². The van der Waals surface area contributed by atoms with E-state index >= 15 is 0 Å². The van der Waals surface area contributed by atoms with Crippen LogP contribution < -0.4 is 5.32 Å². The van der Waals surface area contributed by atoms with Crippen molar-refractivity contribution in [2.75, 3.05) is 13.2 Å². The van der Waals surface area contributed by atoms with Gasteiger partial charge in [0.1, 0.15) is 19.3 Å². The van der Waals surface area contributed by atoms with Crippen LogP contribution in [-0.2, 0) is 23.9 Å². The summed E-state index contributed by atoms with van der Waals surface area (Å²) in [5, 5.41) is 2.33. The smallest absolute Gasteiger partial charge is 0.325 e. The van der Waals surface area contributed by atoms with E-state index in [0.29, 0.717) is 5.57 Å². The van der Waals surface area contributed by atoms with Crippen LogP contribution in [0.1, 0.15) is 13.3 Å². The Labute approximate surface area is 92.6 Å². The van der Waals surface area contributed by atoms with Gasteiger partial charge in [0.05, 0.1) is 6.42 Å². The predicted octanol–water partition coefficient (Wildman–Crippen LogP) is -0.463. The topological polar surface area (TPSA) is 81.7 Å². The molecule has 1 unspecified atom stereocenters. The average molecular weight is 227 g/mol. The third-order valence-corrected chi connectivity index (χ3v) is 1.90. The second-order valence-electron chi connectivity index (χ2n) is 3.46. The van der Waals surface area contributed by atoms with Crippen molar-refractivity contribution in [1.82, 2.24) is 5.32 Å². The summed E-state index contributed by atoms with van der Waals surface area (Å²) in [7, 11) is 0. The molecule has 1 aliphatic rings.